The van der Waals surface area contributed by atoms with E-state index in [1.165, 1.54) is 11.0 Å². The zero-order valence-corrected chi connectivity index (χ0v) is 16.2. The van der Waals surface area contributed by atoms with Crippen LogP contribution in [-0.4, -0.2) is 27.6 Å². The number of nitrogens with zero attached hydrogens (tertiary/aromatic N) is 3. The summed E-state index contributed by atoms with van der Waals surface area (Å²) in [4.78, 5) is 27.9. The van der Waals surface area contributed by atoms with Gasteiger partial charge in [0.15, 0.2) is 5.69 Å². The van der Waals surface area contributed by atoms with Crippen LogP contribution in [0.3, 0.4) is 0 Å². The Hall–Kier alpha value is -2.44. The van der Waals surface area contributed by atoms with Crippen molar-refractivity contribution in [3.05, 3.63) is 79.4 Å². The van der Waals surface area contributed by atoms with Gasteiger partial charge in [-0.2, -0.15) is 5.10 Å². The molecule has 0 saturated carbocycles. The van der Waals surface area contributed by atoms with Crippen molar-refractivity contribution < 1.29 is 4.79 Å². The van der Waals surface area contributed by atoms with Gasteiger partial charge in [-0.15, -0.1) is 11.3 Å². The molecule has 0 aliphatic heterocycles. The highest BCUT2D eigenvalue weighted by atomic mass is 35.5. The molecule has 0 aliphatic carbocycles. The summed E-state index contributed by atoms with van der Waals surface area (Å²) in [6.45, 7) is 3.70. The Morgan fingerprint density at radius 3 is 2.58 bits per heavy atom. The van der Waals surface area contributed by atoms with Gasteiger partial charge in [-0.25, -0.2) is 4.68 Å². The van der Waals surface area contributed by atoms with Crippen LogP contribution in [0.1, 0.15) is 34.0 Å². The van der Waals surface area contributed by atoms with Crippen LogP contribution in [0.25, 0.3) is 5.69 Å². The highest BCUT2D eigenvalue weighted by molar-refractivity contribution is 7.10. The molecular weight excluding hydrogens is 370 g/mol. The molecular formula is C19H18ClN3O2S. The van der Waals surface area contributed by atoms with E-state index < -0.39 is 5.91 Å². The number of amides is 1. The molecule has 0 fully saturated rings. The second-order valence-corrected chi connectivity index (χ2v) is 7.41. The standard InChI is InChI=1S/C19H18ClN3O2S/c1-12-11-16(24)18(21-23(12)15-8-6-14(20)7-9-15)19(25)22(3)13(2)17-5-4-10-26-17/h4-11,13H,1-3H3. The second kappa shape index (κ2) is 7.43. The van der Waals surface area contributed by atoms with Gasteiger partial charge in [-0.05, 0) is 49.6 Å². The average Bonchev–Trinajstić information content (AvgIpc) is 3.15. The molecule has 0 radical (unpaired) electrons. The van der Waals surface area contributed by atoms with Crippen molar-refractivity contribution in [3.63, 3.8) is 0 Å². The monoisotopic (exact) mass is 387 g/mol. The predicted octanol–water partition coefficient (Wildman–Crippen LogP) is 4.09. The van der Waals surface area contributed by atoms with Gasteiger partial charge in [0.2, 0.25) is 5.43 Å². The molecule has 1 aromatic carbocycles. The fourth-order valence-electron chi connectivity index (χ4n) is 2.60. The molecule has 2 aromatic heterocycles. The van der Waals surface area contributed by atoms with Crippen molar-refractivity contribution in [1.82, 2.24) is 14.7 Å². The lowest BCUT2D eigenvalue weighted by Gasteiger charge is -2.24. The van der Waals surface area contributed by atoms with Gasteiger partial charge >= 0.3 is 0 Å². The lowest BCUT2D eigenvalue weighted by Crippen LogP contribution is -2.35. The number of rotatable bonds is 4. The summed E-state index contributed by atoms with van der Waals surface area (Å²) in [5.74, 6) is -0.404. The van der Waals surface area contributed by atoms with Crippen LogP contribution < -0.4 is 5.43 Å². The van der Waals surface area contributed by atoms with E-state index in [4.69, 9.17) is 11.6 Å². The minimum absolute atomic E-state index is 0.101. The summed E-state index contributed by atoms with van der Waals surface area (Å²) in [6.07, 6.45) is 0. The number of carbonyl (C=O) groups excluding carboxylic acids is 1. The van der Waals surface area contributed by atoms with Crippen LogP contribution in [0.2, 0.25) is 5.02 Å². The average molecular weight is 388 g/mol. The minimum atomic E-state index is -0.404. The maximum atomic E-state index is 12.9. The second-order valence-electron chi connectivity index (χ2n) is 5.99. The first-order valence-corrected chi connectivity index (χ1v) is 9.31. The number of aromatic nitrogens is 2. The normalized spacial score (nSPS) is 12.0. The minimum Gasteiger partial charge on any atom is -0.333 e. The van der Waals surface area contributed by atoms with E-state index in [1.807, 2.05) is 24.4 Å². The smallest absolute Gasteiger partial charge is 0.278 e. The molecule has 26 heavy (non-hydrogen) atoms. The van der Waals surface area contributed by atoms with Crippen molar-refractivity contribution in [2.24, 2.45) is 0 Å². The van der Waals surface area contributed by atoms with Crippen LogP contribution in [-0.2, 0) is 0 Å². The number of carbonyl (C=O) groups is 1. The maximum absolute atomic E-state index is 12.9. The zero-order valence-electron chi connectivity index (χ0n) is 14.6. The van der Waals surface area contributed by atoms with Crippen LogP contribution in [0.15, 0.2) is 52.6 Å². The third-order valence-corrected chi connectivity index (χ3v) is 5.53. The van der Waals surface area contributed by atoms with E-state index in [9.17, 15) is 9.59 Å². The molecule has 5 nitrogen and oxygen atoms in total. The van der Waals surface area contributed by atoms with Crippen molar-refractivity contribution in [1.29, 1.82) is 0 Å². The third-order valence-electron chi connectivity index (χ3n) is 4.24. The number of aryl methyl sites for hydroxylation is 1. The number of thiophene rings is 1. The van der Waals surface area contributed by atoms with Crippen molar-refractivity contribution in [3.8, 4) is 5.69 Å². The zero-order chi connectivity index (χ0) is 18.8. The highest BCUT2D eigenvalue weighted by Crippen LogP contribution is 2.24. The number of hydrogen-bond acceptors (Lipinski definition) is 4. The summed E-state index contributed by atoms with van der Waals surface area (Å²) in [6, 6.07) is 12.2. The molecule has 3 aromatic rings. The maximum Gasteiger partial charge on any atom is 0.278 e. The molecule has 0 saturated heterocycles. The molecule has 7 heteroatoms. The van der Waals surface area contributed by atoms with Gasteiger partial charge < -0.3 is 4.90 Å². The molecule has 3 rings (SSSR count). The lowest BCUT2D eigenvalue weighted by molar-refractivity contribution is 0.0735. The summed E-state index contributed by atoms with van der Waals surface area (Å²) < 4.78 is 1.58. The molecule has 0 bridgehead atoms. The SMILES string of the molecule is Cc1cc(=O)c(C(=O)N(C)C(C)c2cccs2)nn1-c1ccc(Cl)cc1. The number of halogens is 1. The van der Waals surface area contributed by atoms with Crippen LogP contribution in [0, 0.1) is 6.92 Å². The lowest BCUT2D eigenvalue weighted by atomic mass is 10.2. The first-order valence-electron chi connectivity index (χ1n) is 8.06. The first kappa shape index (κ1) is 18.4. The molecule has 0 spiro atoms. The summed E-state index contributed by atoms with van der Waals surface area (Å²) >= 11 is 7.50. The Kier molecular flexibility index (Phi) is 5.25. The number of hydrogen-bond donors (Lipinski definition) is 0. The van der Waals surface area contributed by atoms with E-state index in [0.717, 1.165) is 10.6 Å². The predicted molar refractivity (Wildman–Crippen MR) is 104 cm³/mol. The van der Waals surface area contributed by atoms with Gasteiger partial charge in [0.05, 0.1) is 11.7 Å². The Labute approximate surface area is 160 Å². The molecule has 0 aliphatic rings. The van der Waals surface area contributed by atoms with E-state index >= 15 is 0 Å². The highest BCUT2D eigenvalue weighted by Gasteiger charge is 2.24. The van der Waals surface area contributed by atoms with Crippen LogP contribution >= 0.6 is 22.9 Å². The fraction of sp³-hybridized carbons (Fsp3) is 0.211. The van der Waals surface area contributed by atoms with Crippen LogP contribution in [0.4, 0.5) is 0 Å². The molecule has 134 valence electrons. The number of benzene rings is 1. The molecule has 1 amide bonds. The first-order chi connectivity index (χ1) is 12.4. The van der Waals surface area contributed by atoms with Gasteiger partial charge in [-0.1, -0.05) is 17.7 Å². The molecule has 2 heterocycles. The molecule has 1 unspecified atom stereocenters. The summed E-state index contributed by atoms with van der Waals surface area (Å²) in [7, 11) is 1.68. The summed E-state index contributed by atoms with van der Waals surface area (Å²) in [5, 5.41) is 6.89. The van der Waals surface area contributed by atoms with Crippen molar-refractivity contribution in [2.75, 3.05) is 7.05 Å². The van der Waals surface area contributed by atoms with E-state index in [2.05, 4.69) is 5.10 Å². The molecule has 0 N–H and O–H groups in total. The Morgan fingerprint density at radius 1 is 1.27 bits per heavy atom. The summed E-state index contributed by atoms with van der Waals surface area (Å²) in [5.41, 5.74) is 0.886. The largest absolute Gasteiger partial charge is 0.333 e. The van der Waals surface area contributed by atoms with Gasteiger partial charge in [0.1, 0.15) is 0 Å². The Morgan fingerprint density at radius 2 is 1.96 bits per heavy atom. The van der Waals surface area contributed by atoms with E-state index in [1.54, 1.807) is 54.3 Å². The topological polar surface area (TPSA) is 55.2 Å². The van der Waals surface area contributed by atoms with E-state index in [-0.39, 0.29) is 17.2 Å². The Bertz CT molecular complexity index is 981. The van der Waals surface area contributed by atoms with Crippen molar-refractivity contribution >= 4 is 28.8 Å². The Balaban J connectivity index is 1.99. The fourth-order valence-corrected chi connectivity index (χ4v) is 3.55. The van der Waals surface area contributed by atoms with Crippen LogP contribution in [0.5, 0.6) is 0 Å². The van der Waals surface area contributed by atoms with Gasteiger partial charge in [0.25, 0.3) is 5.91 Å². The van der Waals surface area contributed by atoms with Gasteiger partial charge in [-0.3, -0.25) is 9.59 Å². The quantitative estimate of drug-likeness (QED) is 0.677. The van der Waals surface area contributed by atoms with Crippen molar-refractivity contribution in [2.45, 2.75) is 19.9 Å². The third kappa shape index (κ3) is 3.57. The van der Waals surface area contributed by atoms with E-state index in [0.29, 0.717) is 10.7 Å². The molecule has 1 atom stereocenters. The van der Waals surface area contributed by atoms with Gasteiger partial charge in [0, 0.05) is 28.7 Å².